The van der Waals surface area contributed by atoms with Crippen LogP contribution in [-0.4, -0.2) is 25.0 Å². The first-order valence-electron chi connectivity index (χ1n) is 4.62. The van der Waals surface area contributed by atoms with Gasteiger partial charge < -0.3 is 10.6 Å². The van der Waals surface area contributed by atoms with Crippen molar-refractivity contribution in [1.82, 2.24) is 4.90 Å². The number of likely N-dealkylation sites (N-methyl/N-ethyl adjacent to an activating group) is 1. The van der Waals surface area contributed by atoms with Crippen LogP contribution in [-0.2, 0) is 0 Å². The highest BCUT2D eigenvalue weighted by Gasteiger charge is 2.14. The van der Waals surface area contributed by atoms with Crippen LogP contribution in [0.15, 0.2) is 35.6 Å². The molecule has 1 aliphatic heterocycles. The normalized spacial score (nSPS) is 25.4. The third-order valence-corrected chi connectivity index (χ3v) is 2.32. The van der Waals surface area contributed by atoms with E-state index in [2.05, 4.69) is 31.5 Å². The number of hydrogen-bond acceptors (Lipinski definition) is 2. The molecule has 0 atom stereocenters. The van der Waals surface area contributed by atoms with Gasteiger partial charge in [-0.05, 0) is 37.6 Å². The molecule has 0 radical (unpaired) electrons. The second-order valence-electron chi connectivity index (χ2n) is 3.55. The van der Waals surface area contributed by atoms with Crippen LogP contribution in [0.3, 0.4) is 0 Å². The van der Waals surface area contributed by atoms with Crippen LogP contribution in [0, 0.1) is 0 Å². The summed E-state index contributed by atoms with van der Waals surface area (Å²) in [4.78, 5) is 2.31. The fourth-order valence-corrected chi connectivity index (χ4v) is 1.61. The molecule has 2 nitrogen and oxygen atoms in total. The van der Waals surface area contributed by atoms with E-state index < -0.39 is 0 Å². The molecule has 1 aliphatic rings. The maximum Gasteiger partial charge on any atom is 0.0243 e. The monoisotopic (exact) mass is 178 g/mol. The van der Waals surface area contributed by atoms with Crippen molar-refractivity contribution in [2.75, 3.05) is 20.1 Å². The minimum atomic E-state index is 0.652. The maximum atomic E-state index is 5.56. The molecular weight excluding hydrogens is 160 g/mol. The number of nitrogens with two attached hydrogens (primary N) is 1. The lowest BCUT2D eigenvalue weighted by molar-refractivity contribution is 0.347. The van der Waals surface area contributed by atoms with Gasteiger partial charge in [-0.3, -0.25) is 0 Å². The summed E-state index contributed by atoms with van der Waals surface area (Å²) in [7, 11) is 2.14. The Balaban J connectivity index is 2.81. The van der Waals surface area contributed by atoms with Gasteiger partial charge in [0.05, 0.1) is 0 Å². The van der Waals surface area contributed by atoms with Crippen LogP contribution in [0.4, 0.5) is 0 Å². The fourth-order valence-electron chi connectivity index (χ4n) is 1.61. The van der Waals surface area contributed by atoms with Crippen LogP contribution in [0.25, 0.3) is 0 Å². The van der Waals surface area contributed by atoms with E-state index in [-0.39, 0.29) is 0 Å². The first kappa shape index (κ1) is 10.1. The van der Waals surface area contributed by atoms with Crippen LogP contribution in [0.2, 0.25) is 0 Å². The summed E-state index contributed by atoms with van der Waals surface area (Å²) in [5.41, 5.74) is 8.93. The minimum absolute atomic E-state index is 0.652. The van der Waals surface area contributed by atoms with Gasteiger partial charge in [0.1, 0.15) is 0 Å². The lowest BCUT2D eigenvalue weighted by atomic mass is 9.97. The Morgan fingerprint density at radius 3 is 2.77 bits per heavy atom. The van der Waals surface area contributed by atoms with Crippen LogP contribution in [0.1, 0.15) is 13.3 Å². The van der Waals surface area contributed by atoms with Crippen LogP contribution >= 0.6 is 0 Å². The van der Waals surface area contributed by atoms with E-state index in [0.717, 1.165) is 19.5 Å². The fraction of sp³-hybridized carbons (Fsp3) is 0.455. The van der Waals surface area contributed by atoms with Crippen molar-refractivity contribution in [3.05, 3.63) is 35.6 Å². The summed E-state index contributed by atoms with van der Waals surface area (Å²) in [5, 5.41) is 0. The standard InChI is InChI=1S/C11H18N2/c1-4-10-8-13(3)6-5-11(10)7-9(2)12/h4,7H,2,5-6,8,12H2,1,3H3/b10-4-,11-7-. The Kier molecular flexibility index (Phi) is 3.32. The lowest BCUT2D eigenvalue weighted by Gasteiger charge is -2.27. The third kappa shape index (κ3) is 2.74. The predicted octanol–water partition coefficient (Wildman–Crippen LogP) is 1.67. The van der Waals surface area contributed by atoms with Gasteiger partial charge in [0, 0.05) is 18.8 Å². The van der Waals surface area contributed by atoms with Crippen molar-refractivity contribution in [3.8, 4) is 0 Å². The molecule has 0 spiro atoms. The van der Waals surface area contributed by atoms with Gasteiger partial charge in [-0.2, -0.15) is 0 Å². The Hall–Kier alpha value is -1.02. The molecule has 1 saturated heterocycles. The number of rotatable bonds is 1. The highest BCUT2D eigenvalue weighted by Crippen LogP contribution is 2.21. The summed E-state index contributed by atoms with van der Waals surface area (Å²) >= 11 is 0. The van der Waals surface area contributed by atoms with Crippen molar-refractivity contribution < 1.29 is 0 Å². The Morgan fingerprint density at radius 1 is 1.54 bits per heavy atom. The van der Waals surface area contributed by atoms with Gasteiger partial charge in [0.15, 0.2) is 0 Å². The van der Waals surface area contributed by atoms with Crippen molar-refractivity contribution in [3.63, 3.8) is 0 Å². The lowest BCUT2D eigenvalue weighted by Crippen LogP contribution is -2.28. The number of nitrogens with zero attached hydrogens (tertiary/aromatic N) is 1. The number of likely N-dealkylation sites (tertiary alicyclic amines) is 1. The Morgan fingerprint density at radius 2 is 2.23 bits per heavy atom. The molecule has 0 saturated carbocycles. The number of allylic oxidation sites excluding steroid dienone is 2. The first-order chi connectivity index (χ1) is 6.13. The molecule has 0 amide bonds. The number of piperidine rings is 1. The minimum Gasteiger partial charge on any atom is -0.399 e. The molecule has 0 aliphatic carbocycles. The molecular formula is C11H18N2. The van der Waals surface area contributed by atoms with Crippen LogP contribution in [0.5, 0.6) is 0 Å². The predicted molar refractivity (Wildman–Crippen MR) is 57.3 cm³/mol. The molecule has 0 bridgehead atoms. The molecule has 1 rings (SSSR count). The molecule has 1 heterocycles. The molecule has 72 valence electrons. The van der Waals surface area contributed by atoms with Crippen molar-refractivity contribution in [2.24, 2.45) is 5.73 Å². The van der Waals surface area contributed by atoms with Crippen LogP contribution < -0.4 is 5.73 Å². The van der Waals surface area contributed by atoms with Gasteiger partial charge in [-0.25, -0.2) is 0 Å². The van der Waals surface area contributed by atoms with E-state index in [1.54, 1.807) is 0 Å². The zero-order chi connectivity index (χ0) is 9.84. The van der Waals surface area contributed by atoms with Gasteiger partial charge in [-0.15, -0.1) is 0 Å². The van der Waals surface area contributed by atoms with E-state index in [1.165, 1.54) is 11.1 Å². The van der Waals surface area contributed by atoms with Crippen molar-refractivity contribution in [1.29, 1.82) is 0 Å². The summed E-state index contributed by atoms with van der Waals surface area (Å²) in [5.74, 6) is 0. The van der Waals surface area contributed by atoms with Gasteiger partial charge >= 0.3 is 0 Å². The van der Waals surface area contributed by atoms with Crippen molar-refractivity contribution >= 4 is 0 Å². The molecule has 2 heteroatoms. The molecule has 0 aromatic heterocycles. The Labute approximate surface area is 80.4 Å². The molecule has 0 aromatic rings. The second kappa shape index (κ2) is 4.28. The average molecular weight is 178 g/mol. The second-order valence-corrected chi connectivity index (χ2v) is 3.55. The molecule has 1 fully saturated rings. The zero-order valence-corrected chi connectivity index (χ0v) is 8.51. The summed E-state index contributed by atoms with van der Waals surface area (Å²) in [6, 6.07) is 0. The van der Waals surface area contributed by atoms with E-state index in [4.69, 9.17) is 5.73 Å². The smallest absolute Gasteiger partial charge is 0.0243 e. The average Bonchev–Trinajstić information content (AvgIpc) is 2.07. The topological polar surface area (TPSA) is 29.3 Å². The largest absolute Gasteiger partial charge is 0.399 e. The van der Waals surface area contributed by atoms with Gasteiger partial charge in [0.2, 0.25) is 0 Å². The first-order valence-corrected chi connectivity index (χ1v) is 4.62. The van der Waals surface area contributed by atoms with E-state index in [9.17, 15) is 0 Å². The summed E-state index contributed by atoms with van der Waals surface area (Å²) in [6.07, 6.45) is 5.22. The third-order valence-electron chi connectivity index (χ3n) is 2.32. The van der Waals surface area contributed by atoms with E-state index in [1.807, 2.05) is 6.08 Å². The highest BCUT2D eigenvalue weighted by molar-refractivity contribution is 5.37. The summed E-state index contributed by atoms with van der Waals surface area (Å²) in [6.45, 7) is 7.90. The number of hydrogen-bond donors (Lipinski definition) is 1. The summed E-state index contributed by atoms with van der Waals surface area (Å²) < 4.78 is 0. The molecule has 2 N–H and O–H groups in total. The molecule has 0 aromatic carbocycles. The molecule has 13 heavy (non-hydrogen) atoms. The SMILES string of the molecule is C=C(N)/C=C1/CCN(C)C/C1=C/C. The maximum absolute atomic E-state index is 5.56. The van der Waals surface area contributed by atoms with Crippen molar-refractivity contribution in [2.45, 2.75) is 13.3 Å². The molecule has 0 unspecified atom stereocenters. The zero-order valence-electron chi connectivity index (χ0n) is 8.51. The van der Waals surface area contributed by atoms with E-state index in [0.29, 0.717) is 5.70 Å². The highest BCUT2D eigenvalue weighted by atomic mass is 15.1. The van der Waals surface area contributed by atoms with Gasteiger partial charge in [0.25, 0.3) is 0 Å². The quantitative estimate of drug-likeness (QED) is 0.661. The van der Waals surface area contributed by atoms with E-state index >= 15 is 0 Å². The Bertz CT molecular complexity index is 261. The van der Waals surface area contributed by atoms with Gasteiger partial charge in [-0.1, -0.05) is 12.7 Å².